The lowest BCUT2D eigenvalue weighted by atomic mass is 9.98. The van der Waals surface area contributed by atoms with Crippen LogP contribution in [0.1, 0.15) is 25.3 Å². The molecule has 0 radical (unpaired) electrons. The van der Waals surface area contributed by atoms with Crippen LogP contribution in [0.5, 0.6) is 0 Å². The maximum atomic E-state index is 13.1. The Kier molecular flexibility index (Phi) is 6.16. The van der Waals surface area contributed by atoms with Crippen molar-refractivity contribution < 1.29 is 27.5 Å². The zero-order valence-electron chi connectivity index (χ0n) is 13.5. The molecule has 1 aliphatic rings. The molecule has 1 aromatic rings. The van der Waals surface area contributed by atoms with Gasteiger partial charge in [0.15, 0.2) is 0 Å². The third-order valence-electron chi connectivity index (χ3n) is 3.86. The SMILES string of the molecule is CCOC(=O)C1CCCN(C(=O)Nc2ccc(Cl)cc2C(F)(F)F)C1. The Balaban J connectivity index is 2.11. The summed E-state index contributed by atoms with van der Waals surface area (Å²) in [6.45, 7) is 2.39. The fourth-order valence-electron chi connectivity index (χ4n) is 2.67. The number of benzene rings is 1. The van der Waals surface area contributed by atoms with Crippen molar-refractivity contribution in [1.29, 1.82) is 0 Å². The number of carbonyl (C=O) groups excluding carboxylic acids is 2. The number of ether oxygens (including phenoxy) is 1. The van der Waals surface area contributed by atoms with Crippen LogP contribution in [-0.4, -0.2) is 36.6 Å². The highest BCUT2D eigenvalue weighted by molar-refractivity contribution is 6.30. The Morgan fingerprint density at radius 3 is 2.76 bits per heavy atom. The first kappa shape index (κ1) is 19.4. The van der Waals surface area contributed by atoms with Crippen LogP contribution in [0.25, 0.3) is 0 Å². The van der Waals surface area contributed by atoms with Gasteiger partial charge in [0.25, 0.3) is 0 Å². The summed E-state index contributed by atoms with van der Waals surface area (Å²) in [5.41, 5.74) is -1.40. The van der Waals surface area contributed by atoms with E-state index in [9.17, 15) is 22.8 Å². The summed E-state index contributed by atoms with van der Waals surface area (Å²) in [5, 5.41) is 2.18. The first-order valence-electron chi connectivity index (χ1n) is 7.81. The van der Waals surface area contributed by atoms with Gasteiger partial charge >= 0.3 is 18.2 Å². The molecular weight excluding hydrogens is 361 g/mol. The van der Waals surface area contributed by atoms with Crippen molar-refractivity contribution in [3.05, 3.63) is 28.8 Å². The summed E-state index contributed by atoms with van der Waals surface area (Å²) < 4.78 is 44.2. The van der Waals surface area contributed by atoms with Crippen LogP contribution in [0.15, 0.2) is 18.2 Å². The molecule has 0 saturated carbocycles. The minimum atomic E-state index is -4.65. The van der Waals surface area contributed by atoms with E-state index in [4.69, 9.17) is 16.3 Å². The van der Waals surface area contributed by atoms with Crippen molar-refractivity contribution in [2.45, 2.75) is 25.9 Å². The average molecular weight is 379 g/mol. The third-order valence-corrected chi connectivity index (χ3v) is 4.09. The molecule has 2 rings (SSSR count). The number of anilines is 1. The van der Waals surface area contributed by atoms with Gasteiger partial charge in [0, 0.05) is 18.1 Å². The molecule has 1 heterocycles. The number of urea groups is 1. The smallest absolute Gasteiger partial charge is 0.418 e. The van der Waals surface area contributed by atoms with Crippen molar-refractivity contribution >= 4 is 29.3 Å². The Labute approximate surface area is 148 Å². The number of nitrogens with one attached hydrogen (secondary N) is 1. The number of esters is 1. The monoisotopic (exact) mass is 378 g/mol. The zero-order chi connectivity index (χ0) is 18.6. The fourth-order valence-corrected chi connectivity index (χ4v) is 2.84. The molecule has 138 valence electrons. The van der Waals surface area contributed by atoms with Gasteiger partial charge in [-0.05, 0) is 38.0 Å². The van der Waals surface area contributed by atoms with Gasteiger partial charge in [-0.25, -0.2) is 4.79 Å². The molecule has 1 atom stereocenters. The molecule has 1 aromatic carbocycles. The lowest BCUT2D eigenvalue weighted by Crippen LogP contribution is -2.44. The second-order valence-electron chi connectivity index (χ2n) is 5.66. The predicted octanol–water partition coefficient (Wildman–Crippen LogP) is 4.17. The van der Waals surface area contributed by atoms with Crippen molar-refractivity contribution in [2.24, 2.45) is 5.92 Å². The van der Waals surface area contributed by atoms with Crippen LogP contribution in [0, 0.1) is 5.92 Å². The van der Waals surface area contributed by atoms with Gasteiger partial charge < -0.3 is 15.0 Å². The molecule has 1 unspecified atom stereocenters. The molecule has 0 aromatic heterocycles. The lowest BCUT2D eigenvalue weighted by molar-refractivity contribution is -0.149. The fraction of sp³-hybridized carbons (Fsp3) is 0.500. The maximum absolute atomic E-state index is 13.1. The van der Waals surface area contributed by atoms with E-state index in [-0.39, 0.29) is 23.9 Å². The van der Waals surface area contributed by atoms with E-state index >= 15 is 0 Å². The van der Waals surface area contributed by atoms with E-state index in [0.717, 1.165) is 12.1 Å². The molecule has 25 heavy (non-hydrogen) atoms. The van der Waals surface area contributed by atoms with E-state index in [1.165, 1.54) is 11.0 Å². The summed E-state index contributed by atoms with van der Waals surface area (Å²) in [6, 6.07) is 2.44. The highest BCUT2D eigenvalue weighted by Crippen LogP contribution is 2.36. The second kappa shape index (κ2) is 7.95. The standard InChI is InChI=1S/C16H18ClF3N2O3/c1-2-25-14(23)10-4-3-7-22(9-10)15(24)21-13-6-5-11(17)8-12(13)16(18,19)20/h5-6,8,10H,2-4,7,9H2,1H3,(H,21,24). The second-order valence-corrected chi connectivity index (χ2v) is 6.09. The molecule has 1 N–H and O–H groups in total. The molecule has 5 nitrogen and oxygen atoms in total. The highest BCUT2D eigenvalue weighted by Gasteiger charge is 2.35. The summed E-state index contributed by atoms with van der Waals surface area (Å²) in [6.07, 6.45) is -3.50. The van der Waals surface area contributed by atoms with E-state index in [1.807, 2.05) is 0 Å². The number of nitrogens with zero attached hydrogens (tertiary/aromatic N) is 1. The maximum Gasteiger partial charge on any atom is 0.418 e. The number of piperidine rings is 1. The van der Waals surface area contributed by atoms with Crippen LogP contribution >= 0.6 is 11.6 Å². The van der Waals surface area contributed by atoms with Gasteiger partial charge in [-0.1, -0.05) is 11.6 Å². The van der Waals surface area contributed by atoms with Crippen molar-refractivity contribution in [1.82, 2.24) is 4.90 Å². The minimum absolute atomic E-state index is 0.0781. The number of hydrogen-bond acceptors (Lipinski definition) is 3. The number of halogens is 4. The summed E-state index contributed by atoms with van der Waals surface area (Å²) in [7, 11) is 0. The predicted molar refractivity (Wildman–Crippen MR) is 86.4 cm³/mol. The number of alkyl halides is 3. The molecule has 1 saturated heterocycles. The van der Waals surface area contributed by atoms with Crippen molar-refractivity contribution in [2.75, 3.05) is 25.0 Å². The van der Waals surface area contributed by atoms with Crippen molar-refractivity contribution in [3.8, 4) is 0 Å². The largest absolute Gasteiger partial charge is 0.466 e. The molecule has 2 amide bonds. The van der Waals surface area contributed by atoms with Crippen LogP contribution in [0.4, 0.5) is 23.7 Å². The highest BCUT2D eigenvalue weighted by atomic mass is 35.5. The van der Waals surface area contributed by atoms with Gasteiger partial charge in [0.1, 0.15) is 0 Å². The molecule has 9 heteroatoms. The average Bonchev–Trinajstić information content (AvgIpc) is 2.56. The molecule has 0 aliphatic carbocycles. The minimum Gasteiger partial charge on any atom is -0.466 e. The molecule has 1 aliphatic heterocycles. The summed E-state index contributed by atoms with van der Waals surface area (Å²) in [5.74, 6) is -0.866. The quantitative estimate of drug-likeness (QED) is 0.803. The van der Waals surface area contributed by atoms with Gasteiger partial charge in [-0.15, -0.1) is 0 Å². The van der Waals surface area contributed by atoms with Gasteiger partial charge in [0.2, 0.25) is 0 Å². The van der Waals surface area contributed by atoms with Crippen LogP contribution in [-0.2, 0) is 15.7 Å². The normalized spacial score (nSPS) is 18.0. The lowest BCUT2D eigenvalue weighted by Gasteiger charge is -2.31. The number of likely N-dealkylation sites (tertiary alicyclic amines) is 1. The number of rotatable bonds is 3. The van der Waals surface area contributed by atoms with Gasteiger partial charge in [-0.2, -0.15) is 13.2 Å². The molecule has 1 fully saturated rings. The Hall–Kier alpha value is -1.96. The van der Waals surface area contributed by atoms with E-state index in [0.29, 0.717) is 19.4 Å². The molecular formula is C16H18ClF3N2O3. The first-order chi connectivity index (χ1) is 11.7. The summed E-state index contributed by atoms with van der Waals surface area (Å²) in [4.78, 5) is 25.4. The van der Waals surface area contributed by atoms with Gasteiger partial charge in [-0.3, -0.25) is 4.79 Å². The topological polar surface area (TPSA) is 58.6 Å². The third kappa shape index (κ3) is 5.01. The van der Waals surface area contributed by atoms with E-state index in [2.05, 4.69) is 5.32 Å². The molecule has 0 bridgehead atoms. The Morgan fingerprint density at radius 2 is 2.12 bits per heavy atom. The van der Waals surface area contributed by atoms with E-state index in [1.54, 1.807) is 6.92 Å². The summed E-state index contributed by atoms with van der Waals surface area (Å²) >= 11 is 5.62. The number of amides is 2. The van der Waals surface area contributed by atoms with Crippen LogP contribution in [0.2, 0.25) is 5.02 Å². The Bertz CT molecular complexity index is 652. The van der Waals surface area contributed by atoms with E-state index < -0.39 is 29.7 Å². The number of carbonyl (C=O) groups is 2. The number of hydrogen-bond donors (Lipinski definition) is 1. The van der Waals surface area contributed by atoms with Crippen molar-refractivity contribution in [3.63, 3.8) is 0 Å². The molecule has 0 spiro atoms. The Morgan fingerprint density at radius 1 is 1.40 bits per heavy atom. The van der Waals surface area contributed by atoms with Crippen LogP contribution < -0.4 is 5.32 Å². The van der Waals surface area contributed by atoms with Gasteiger partial charge in [0.05, 0.1) is 23.8 Å². The first-order valence-corrected chi connectivity index (χ1v) is 8.19. The van der Waals surface area contributed by atoms with Crippen LogP contribution in [0.3, 0.4) is 0 Å². The zero-order valence-corrected chi connectivity index (χ0v) is 14.3.